The van der Waals surface area contributed by atoms with E-state index in [1.54, 1.807) is 42.5 Å². The highest BCUT2D eigenvalue weighted by molar-refractivity contribution is 6.31. The zero-order valence-electron chi connectivity index (χ0n) is 17.2. The molecule has 0 saturated heterocycles. The van der Waals surface area contributed by atoms with Gasteiger partial charge in [-0.25, -0.2) is 4.79 Å². The number of aromatic nitrogens is 1. The summed E-state index contributed by atoms with van der Waals surface area (Å²) < 4.78 is 5.19. The van der Waals surface area contributed by atoms with Crippen molar-refractivity contribution in [3.8, 4) is 0 Å². The van der Waals surface area contributed by atoms with Gasteiger partial charge in [-0.2, -0.15) is 0 Å². The second-order valence-electron chi connectivity index (χ2n) is 7.06. The minimum absolute atomic E-state index is 0.0901. The lowest BCUT2D eigenvalue weighted by atomic mass is 10.1. The van der Waals surface area contributed by atoms with Gasteiger partial charge in [-0.1, -0.05) is 54.1 Å². The number of hydrogen-bond donors (Lipinski definition) is 4. The Morgan fingerprint density at radius 3 is 2.39 bits per heavy atom. The second kappa shape index (κ2) is 9.88. The van der Waals surface area contributed by atoms with E-state index in [4.69, 9.17) is 16.3 Å². The van der Waals surface area contributed by atoms with Gasteiger partial charge < -0.3 is 9.72 Å². The Morgan fingerprint density at radius 2 is 1.58 bits per heavy atom. The van der Waals surface area contributed by atoms with Crippen LogP contribution in [-0.2, 0) is 11.3 Å². The summed E-state index contributed by atoms with van der Waals surface area (Å²) in [6.45, 7) is 0.0901. The molecule has 9 heteroatoms. The number of amides is 3. The number of rotatable bonds is 5. The molecule has 8 nitrogen and oxygen atoms in total. The molecule has 0 atom stereocenters. The van der Waals surface area contributed by atoms with Gasteiger partial charge in [-0.3, -0.25) is 25.8 Å². The topological polar surface area (TPSA) is 112 Å². The Kier molecular flexibility index (Phi) is 6.56. The monoisotopic (exact) mass is 462 g/mol. The number of carbonyl (C=O) groups excluding carboxylic acids is 3. The minimum atomic E-state index is -0.708. The van der Waals surface area contributed by atoms with Gasteiger partial charge in [0.25, 0.3) is 11.8 Å². The Balaban J connectivity index is 1.37. The normalized spacial score (nSPS) is 10.5. The summed E-state index contributed by atoms with van der Waals surface area (Å²) in [6, 6.07) is 22.4. The molecule has 1 aromatic heterocycles. The SMILES string of the molecule is O=C(Nc1ccccc1C(=O)NNC(=O)c1cc2cc(Cl)ccc2[nH]1)OCc1ccccc1. The number of halogens is 1. The maximum absolute atomic E-state index is 12.6. The molecule has 33 heavy (non-hydrogen) atoms. The van der Waals surface area contributed by atoms with Crippen molar-refractivity contribution in [2.45, 2.75) is 6.61 Å². The molecule has 3 amide bonds. The van der Waals surface area contributed by atoms with Crippen LogP contribution in [0.25, 0.3) is 10.9 Å². The summed E-state index contributed by atoms with van der Waals surface area (Å²) in [7, 11) is 0. The van der Waals surface area contributed by atoms with Gasteiger partial charge in [-0.05, 0) is 42.0 Å². The number of para-hydroxylation sites is 1. The van der Waals surface area contributed by atoms with Gasteiger partial charge in [0.15, 0.2) is 0 Å². The standard InChI is InChI=1S/C24H19ClN4O4/c25-17-10-11-19-16(12-17)13-21(26-19)23(31)29-28-22(30)18-8-4-5-9-20(18)27-24(32)33-14-15-6-2-1-3-7-15/h1-13,26H,14H2,(H,27,32)(H,28,30)(H,29,31). The van der Waals surface area contributed by atoms with Gasteiger partial charge in [0.2, 0.25) is 0 Å². The molecule has 4 N–H and O–H groups in total. The maximum atomic E-state index is 12.6. The molecule has 0 bridgehead atoms. The Hall–Kier alpha value is -4.30. The lowest BCUT2D eigenvalue weighted by Gasteiger charge is -2.12. The van der Waals surface area contributed by atoms with E-state index in [0.717, 1.165) is 16.5 Å². The van der Waals surface area contributed by atoms with Gasteiger partial charge in [-0.15, -0.1) is 0 Å². The van der Waals surface area contributed by atoms with Crippen molar-refractivity contribution < 1.29 is 19.1 Å². The Bertz CT molecular complexity index is 1320. The van der Waals surface area contributed by atoms with Crippen molar-refractivity contribution >= 4 is 46.1 Å². The quantitative estimate of drug-likeness (QED) is 0.323. The van der Waals surface area contributed by atoms with E-state index in [0.29, 0.717) is 5.02 Å². The molecule has 3 aromatic carbocycles. The van der Waals surface area contributed by atoms with Gasteiger partial charge in [0.05, 0.1) is 11.3 Å². The highest BCUT2D eigenvalue weighted by Crippen LogP contribution is 2.20. The smallest absolute Gasteiger partial charge is 0.411 e. The molecular weight excluding hydrogens is 444 g/mol. The van der Waals surface area contributed by atoms with Gasteiger partial charge >= 0.3 is 6.09 Å². The average molecular weight is 463 g/mol. The summed E-state index contributed by atoms with van der Waals surface area (Å²) in [6.07, 6.45) is -0.708. The van der Waals surface area contributed by atoms with E-state index in [-0.39, 0.29) is 23.6 Å². The molecule has 4 aromatic rings. The largest absolute Gasteiger partial charge is 0.444 e. The van der Waals surface area contributed by atoms with E-state index in [9.17, 15) is 14.4 Å². The van der Waals surface area contributed by atoms with E-state index in [1.165, 1.54) is 6.07 Å². The molecule has 0 unspecified atom stereocenters. The number of aromatic amines is 1. The third-order valence-electron chi connectivity index (χ3n) is 4.74. The van der Waals surface area contributed by atoms with Crippen molar-refractivity contribution in [3.05, 3.63) is 101 Å². The molecule has 1 heterocycles. The number of H-pyrrole nitrogens is 1. The molecule has 166 valence electrons. The van der Waals surface area contributed by atoms with Crippen LogP contribution in [0, 0.1) is 0 Å². The molecule has 0 aliphatic carbocycles. The number of hydrazine groups is 1. The molecule has 0 fully saturated rings. The van der Waals surface area contributed by atoms with Crippen LogP contribution < -0.4 is 16.2 Å². The first-order valence-corrected chi connectivity index (χ1v) is 10.3. The maximum Gasteiger partial charge on any atom is 0.411 e. The fraction of sp³-hybridized carbons (Fsp3) is 0.0417. The van der Waals surface area contributed by atoms with Crippen LogP contribution in [0.4, 0.5) is 10.5 Å². The van der Waals surface area contributed by atoms with E-state index >= 15 is 0 Å². The van der Waals surface area contributed by atoms with E-state index in [1.807, 2.05) is 30.3 Å². The summed E-state index contributed by atoms with van der Waals surface area (Å²) in [5, 5.41) is 3.87. The zero-order chi connectivity index (χ0) is 23.2. The van der Waals surface area contributed by atoms with Crippen LogP contribution in [0.5, 0.6) is 0 Å². The van der Waals surface area contributed by atoms with Crippen molar-refractivity contribution in [2.75, 3.05) is 5.32 Å². The average Bonchev–Trinajstić information content (AvgIpc) is 3.25. The predicted molar refractivity (Wildman–Crippen MR) is 125 cm³/mol. The van der Waals surface area contributed by atoms with Crippen molar-refractivity contribution in [1.29, 1.82) is 0 Å². The van der Waals surface area contributed by atoms with Crippen molar-refractivity contribution in [3.63, 3.8) is 0 Å². The van der Waals surface area contributed by atoms with E-state index < -0.39 is 17.9 Å². The highest BCUT2D eigenvalue weighted by atomic mass is 35.5. The third-order valence-corrected chi connectivity index (χ3v) is 4.97. The van der Waals surface area contributed by atoms with Gasteiger partial charge in [0.1, 0.15) is 12.3 Å². The minimum Gasteiger partial charge on any atom is -0.444 e. The zero-order valence-corrected chi connectivity index (χ0v) is 18.0. The number of ether oxygens (including phenoxy) is 1. The number of fused-ring (bicyclic) bond motifs is 1. The van der Waals surface area contributed by atoms with Crippen LogP contribution in [0.1, 0.15) is 26.4 Å². The first-order valence-electron chi connectivity index (χ1n) is 9.95. The lowest BCUT2D eigenvalue weighted by Crippen LogP contribution is -2.42. The van der Waals surface area contributed by atoms with Crippen LogP contribution in [0.2, 0.25) is 5.02 Å². The van der Waals surface area contributed by atoms with Crippen LogP contribution >= 0.6 is 11.6 Å². The van der Waals surface area contributed by atoms with Crippen molar-refractivity contribution in [2.24, 2.45) is 0 Å². The number of nitrogens with one attached hydrogen (secondary N) is 4. The summed E-state index contributed by atoms with van der Waals surface area (Å²) >= 11 is 5.97. The van der Waals surface area contributed by atoms with Gasteiger partial charge in [0, 0.05) is 15.9 Å². The molecule has 0 radical (unpaired) electrons. The first kappa shape index (κ1) is 21.9. The fourth-order valence-corrected chi connectivity index (χ4v) is 3.31. The molecule has 4 rings (SSSR count). The number of anilines is 1. The summed E-state index contributed by atoms with van der Waals surface area (Å²) in [5.74, 6) is -1.15. The first-order chi connectivity index (χ1) is 16.0. The molecule has 0 spiro atoms. The lowest BCUT2D eigenvalue weighted by molar-refractivity contribution is 0.0845. The number of benzene rings is 3. The number of carbonyl (C=O) groups is 3. The summed E-state index contributed by atoms with van der Waals surface area (Å²) in [5.41, 5.74) is 6.91. The molecular formula is C24H19ClN4O4. The molecule has 0 aliphatic rings. The van der Waals surface area contributed by atoms with Crippen LogP contribution in [0.3, 0.4) is 0 Å². The third kappa shape index (κ3) is 5.50. The van der Waals surface area contributed by atoms with Crippen molar-refractivity contribution in [1.82, 2.24) is 15.8 Å². The Morgan fingerprint density at radius 1 is 0.848 bits per heavy atom. The number of hydrogen-bond acceptors (Lipinski definition) is 4. The van der Waals surface area contributed by atoms with Crippen LogP contribution in [-0.4, -0.2) is 22.9 Å². The summed E-state index contributed by atoms with van der Waals surface area (Å²) in [4.78, 5) is 40.2. The second-order valence-corrected chi connectivity index (χ2v) is 7.49. The van der Waals surface area contributed by atoms with E-state index in [2.05, 4.69) is 21.2 Å². The molecule has 0 aliphatic heterocycles. The van der Waals surface area contributed by atoms with Crippen LogP contribution in [0.15, 0.2) is 78.9 Å². The predicted octanol–water partition coefficient (Wildman–Crippen LogP) is 4.64. The highest BCUT2D eigenvalue weighted by Gasteiger charge is 2.16. The fourth-order valence-electron chi connectivity index (χ4n) is 3.13. The Labute approximate surface area is 193 Å². The molecule has 0 saturated carbocycles.